The van der Waals surface area contributed by atoms with Crippen molar-refractivity contribution in [3.05, 3.63) is 41.2 Å². The van der Waals surface area contributed by atoms with Crippen LogP contribution in [0.4, 0.5) is 0 Å². The molecule has 21 heavy (non-hydrogen) atoms. The summed E-state index contributed by atoms with van der Waals surface area (Å²) in [6.45, 7) is 2.25. The second-order valence-corrected chi connectivity index (χ2v) is 5.18. The van der Waals surface area contributed by atoms with Gasteiger partial charge in [0.1, 0.15) is 13.2 Å². The van der Waals surface area contributed by atoms with E-state index in [0.29, 0.717) is 43.4 Å². The molecule has 108 valence electrons. The van der Waals surface area contributed by atoms with Gasteiger partial charge in [0, 0.05) is 30.8 Å². The third-order valence-electron chi connectivity index (χ3n) is 3.88. The number of fused-ring (bicyclic) bond motifs is 2. The minimum Gasteiger partial charge on any atom is -0.486 e. The summed E-state index contributed by atoms with van der Waals surface area (Å²) in [4.78, 5) is 14.6. The van der Waals surface area contributed by atoms with Crippen molar-refractivity contribution < 1.29 is 14.3 Å². The average Bonchev–Trinajstić information content (AvgIpc) is 3.01. The van der Waals surface area contributed by atoms with Crippen LogP contribution in [0.25, 0.3) is 0 Å². The van der Waals surface area contributed by atoms with Crippen LogP contribution in [0.2, 0.25) is 0 Å². The van der Waals surface area contributed by atoms with Crippen molar-refractivity contribution in [2.45, 2.75) is 13.0 Å². The molecule has 0 atom stereocenters. The lowest BCUT2D eigenvalue weighted by Crippen LogP contribution is -2.36. The largest absolute Gasteiger partial charge is 0.486 e. The summed E-state index contributed by atoms with van der Waals surface area (Å²) in [5.41, 5.74) is 2.77. The fourth-order valence-corrected chi connectivity index (χ4v) is 2.81. The molecule has 0 aliphatic carbocycles. The molecule has 0 fully saturated rings. The van der Waals surface area contributed by atoms with Gasteiger partial charge >= 0.3 is 0 Å². The molecular weight excluding hydrogens is 270 g/mol. The van der Waals surface area contributed by atoms with E-state index < -0.39 is 0 Å². The molecule has 0 spiro atoms. The smallest absolute Gasteiger partial charge is 0.258 e. The van der Waals surface area contributed by atoms with Crippen molar-refractivity contribution in [1.82, 2.24) is 15.1 Å². The Labute approximate surface area is 121 Å². The van der Waals surface area contributed by atoms with Crippen LogP contribution in [0, 0.1) is 0 Å². The van der Waals surface area contributed by atoms with E-state index in [2.05, 4.69) is 10.2 Å². The number of aromatic nitrogens is 2. The molecule has 4 rings (SSSR count). The highest BCUT2D eigenvalue weighted by Gasteiger charge is 2.27. The first kappa shape index (κ1) is 12.3. The van der Waals surface area contributed by atoms with Gasteiger partial charge < -0.3 is 14.4 Å². The zero-order valence-electron chi connectivity index (χ0n) is 11.5. The molecule has 2 aliphatic heterocycles. The van der Waals surface area contributed by atoms with E-state index in [1.54, 1.807) is 12.3 Å². The number of carbonyl (C=O) groups excluding carboxylic acids is 1. The second kappa shape index (κ2) is 4.80. The molecule has 0 unspecified atom stereocenters. The highest BCUT2D eigenvalue weighted by Crippen LogP contribution is 2.34. The van der Waals surface area contributed by atoms with Gasteiger partial charge in [0.2, 0.25) is 0 Å². The summed E-state index contributed by atoms with van der Waals surface area (Å²) >= 11 is 0. The first-order chi connectivity index (χ1) is 10.3. The van der Waals surface area contributed by atoms with Crippen LogP contribution in [0.15, 0.2) is 24.4 Å². The van der Waals surface area contributed by atoms with Gasteiger partial charge in [0.05, 0.1) is 11.8 Å². The number of H-pyrrole nitrogens is 1. The number of nitrogens with one attached hydrogen (secondary N) is 1. The van der Waals surface area contributed by atoms with Gasteiger partial charge in [-0.25, -0.2) is 0 Å². The summed E-state index contributed by atoms with van der Waals surface area (Å²) in [6.07, 6.45) is 2.59. The van der Waals surface area contributed by atoms with E-state index in [1.807, 2.05) is 17.0 Å². The van der Waals surface area contributed by atoms with Gasteiger partial charge in [-0.1, -0.05) is 6.07 Å². The van der Waals surface area contributed by atoms with Crippen molar-refractivity contribution in [2.75, 3.05) is 19.8 Å². The zero-order valence-corrected chi connectivity index (χ0v) is 11.5. The predicted octanol–water partition coefficient (Wildman–Crippen LogP) is 1.38. The Hall–Kier alpha value is -2.50. The number of ether oxygens (including phenoxy) is 2. The third-order valence-corrected chi connectivity index (χ3v) is 3.88. The normalized spacial score (nSPS) is 16.5. The Bertz CT molecular complexity index is 695. The number of para-hydroxylation sites is 1. The monoisotopic (exact) mass is 285 g/mol. The maximum atomic E-state index is 12.8. The number of aromatic amines is 1. The summed E-state index contributed by atoms with van der Waals surface area (Å²) in [5, 5.41) is 7.01. The molecule has 1 aromatic heterocycles. The molecule has 6 heteroatoms. The van der Waals surface area contributed by atoms with Gasteiger partial charge in [-0.15, -0.1) is 0 Å². The van der Waals surface area contributed by atoms with Crippen LogP contribution in [0.1, 0.15) is 21.6 Å². The minimum atomic E-state index is -0.0239. The fraction of sp³-hybridized carbons (Fsp3) is 0.333. The van der Waals surface area contributed by atoms with E-state index in [-0.39, 0.29) is 5.91 Å². The Morgan fingerprint density at radius 3 is 3.14 bits per heavy atom. The molecule has 2 aliphatic rings. The molecule has 6 nitrogen and oxygen atoms in total. The summed E-state index contributed by atoms with van der Waals surface area (Å²) in [7, 11) is 0. The standard InChI is InChI=1S/C15H15N3O3/c19-15(18-5-4-12-10(9-18)8-16-17-12)11-2-1-3-13-14(11)21-7-6-20-13/h1-3,8H,4-7,9H2,(H,16,17). The summed E-state index contributed by atoms with van der Waals surface area (Å²) in [5.74, 6) is 1.18. The van der Waals surface area contributed by atoms with E-state index in [9.17, 15) is 4.79 Å². The zero-order chi connectivity index (χ0) is 14.2. The maximum absolute atomic E-state index is 12.8. The van der Waals surface area contributed by atoms with Gasteiger partial charge in [0.15, 0.2) is 11.5 Å². The van der Waals surface area contributed by atoms with Crippen molar-refractivity contribution in [3.63, 3.8) is 0 Å². The van der Waals surface area contributed by atoms with Crippen LogP contribution in [0.3, 0.4) is 0 Å². The Morgan fingerprint density at radius 1 is 1.29 bits per heavy atom. The second-order valence-electron chi connectivity index (χ2n) is 5.18. The first-order valence-corrected chi connectivity index (χ1v) is 7.02. The van der Waals surface area contributed by atoms with E-state index in [4.69, 9.17) is 9.47 Å². The molecule has 2 aromatic rings. The van der Waals surface area contributed by atoms with Gasteiger partial charge in [-0.05, 0) is 12.1 Å². The SMILES string of the molecule is O=C(c1cccc2c1OCCO2)N1CCc2[nH]ncc2C1. The summed E-state index contributed by atoms with van der Waals surface area (Å²) < 4.78 is 11.2. The lowest BCUT2D eigenvalue weighted by Gasteiger charge is -2.28. The first-order valence-electron chi connectivity index (χ1n) is 7.02. The van der Waals surface area contributed by atoms with Crippen molar-refractivity contribution in [2.24, 2.45) is 0 Å². The molecule has 0 saturated carbocycles. The van der Waals surface area contributed by atoms with Crippen molar-refractivity contribution in [3.8, 4) is 11.5 Å². The molecule has 0 radical (unpaired) electrons. The van der Waals surface area contributed by atoms with Crippen LogP contribution in [-0.2, 0) is 13.0 Å². The van der Waals surface area contributed by atoms with Crippen molar-refractivity contribution >= 4 is 5.91 Å². The van der Waals surface area contributed by atoms with Gasteiger partial charge in [-0.3, -0.25) is 9.89 Å². The molecule has 1 N–H and O–H groups in total. The fourth-order valence-electron chi connectivity index (χ4n) is 2.81. The minimum absolute atomic E-state index is 0.0239. The molecule has 1 aromatic carbocycles. The Kier molecular flexibility index (Phi) is 2.80. The number of hydrogen-bond donors (Lipinski definition) is 1. The lowest BCUT2D eigenvalue weighted by molar-refractivity contribution is 0.0724. The van der Waals surface area contributed by atoms with Crippen LogP contribution >= 0.6 is 0 Å². The number of hydrogen-bond acceptors (Lipinski definition) is 4. The number of nitrogens with zero attached hydrogens (tertiary/aromatic N) is 2. The van der Waals surface area contributed by atoms with Gasteiger partial charge in [0.25, 0.3) is 5.91 Å². The maximum Gasteiger partial charge on any atom is 0.258 e. The lowest BCUT2D eigenvalue weighted by atomic mass is 10.1. The topological polar surface area (TPSA) is 67.5 Å². The number of amides is 1. The number of rotatable bonds is 1. The Morgan fingerprint density at radius 2 is 2.19 bits per heavy atom. The summed E-state index contributed by atoms with van der Waals surface area (Å²) in [6, 6.07) is 5.45. The van der Waals surface area contributed by atoms with Crippen LogP contribution in [-0.4, -0.2) is 40.8 Å². The highest BCUT2D eigenvalue weighted by molar-refractivity contribution is 5.98. The quantitative estimate of drug-likeness (QED) is 0.859. The highest BCUT2D eigenvalue weighted by atomic mass is 16.6. The predicted molar refractivity (Wildman–Crippen MR) is 74.5 cm³/mol. The van der Waals surface area contributed by atoms with Crippen LogP contribution in [0.5, 0.6) is 11.5 Å². The molecular formula is C15H15N3O3. The van der Waals surface area contributed by atoms with Crippen molar-refractivity contribution in [1.29, 1.82) is 0 Å². The average molecular weight is 285 g/mol. The third kappa shape index (κ3) is 2.03. The Balaban J connectivity index is 1.64. The van der Waals surface area contributed by atoms with E-state index >= 15 is 0 Å². The number of carbonyl (C=O) groups is 1. The van der Waals surface area contributed by atoms with E-state index in [0.717, 1.165) is 17.7 Å². The molecule has 1 amide bonds. The van der Waals surface area contributed by atoms with Gasteiger partial charge in [-0.2, -0.15) is 5.10 Å². The molecule has 0 saturated heterocycles. The number of benzene rings is 1. The van der Waals surface area contributed by atoms with Crippen LogP contribution < -0.4 is 9.47 Å². The van der Waals surface area contributed by atoms with E-state index in [1.165, 1.54) is 0 Å². The molecule has 3 heterocycles. The molecule has 0 bridgehead atoms.